The molecule has 4 nitrogen and oxygen atoms in total. The van der Waals surface area contributed by atoms with Crippen LogP contribution in [-0.2, 0) is 14.3 Å². The molecular formula is C37H68O4. The minimum absolute atomic E-state index is 0.0438. The third-order valence-electron chi connectivity index (χ3n) is 8.19. The summed E-state index contributed by atoms with van der Waals surface area (Å²) in [7, 11) is 0. The summed E-state index contributed by atoms with van der Waals surface area (Å²) in [5, 5.41) is 9.32. The van der Waals surface area contributed by atoms with E-state index in [1.165, 1.54) is 154 Å². The summed E-state index contributed by atoms with van der Waals surface area (Å²) in [6.45, 7) is 5.93. The largest absolute Gasteiger partial charge is 0.481 e. The molecule has 0 spiro atoms. The molecule has 0 aromatic heterocycles. The first kappa shape index (κ1) is 39.4. The third-order valence-corrected chi connectivity index (χ3v) is 8.19. The van der Waals surface area contributed by atoms with Crippen molar-refractivity contribution in [1.82, 2.24) is 0 Å². The molecule has 0 aromatic carbocycles. The van der Waals surface area contributed by atoms with Gasteiger partial charge in [0.05, 0.1) is 12.3 Å². The average Bonchev–Trinajstić information content (AvgIpc) is 2.96. The molecule has 240 valence electrons. The smallest absolute Gasteiger partial charge is 0.307 e. The third kappa shape index (κ3) is 31.2. The summed E-state index contributed by atoms with van der Waals surface area (Å²) in [6, 6.07) is 0. The van der Waals surface area contributed by atoms with Gasteiger partial charge in [-0.3, -0.25) is 9.59 Å². The topological polar surface area (TPSA) is 63.6 Å². The number of aliphatic carboxylic acids is 1. The van der Waals surface area contributed by atoms with E-state index in [9.17, 15) is 14.7 Å². The van der Waals surface area contributed by atoms with E-state index in [-0.39, 0.29) is 13.0 Å². The van der Waals surface area contributed by atoms with Crippen LogP contribution in [0, 0.1) is 5.92 Å². The number of hydrogen-bond donors (Lipinski definition) is 1. The molecule has 0 fully saturated rings. The van der Waals surface area contributed by atoms with Gasteiger partial charge in [0, 0.05) is 0 Å². The predicted molar refractivity (Wildman–Crippen MR) is 176 cm³/mol. The van der Waals surface area contributed by atoms with E-state index in [1.54, 1.807) is 0 Å². The fourth-order valence-electron chi connectivity index (χ4n) is 5.48. The highest BCUT2D eigenvalue weighted by Crippen LogP contribution is 2.18. The molecule has 0 heterocycles. The van der Waals surface area contributed by atoms with Crippen LogP contribution in [0.15, 0.2) is 24.8 Å². The molecule has 1 atom stereocenters. The molecule has 0 aliphatic heterocycles. The number of carbonyl (C=O) groups excluding carboxylic acids is 1. The highest BCUT2D eigenvalue weighted by molar-refractivity contribution is 5.78. The van der Waals surface area contributed by atoms with Crippen LogP contribution in [0.1, 0.15) is 187 Å². The Labute approximate surface area is 255 Å². The lowest BCUT2D eigenvalue weighted by molar-refractivity contribution is -0.151. The predicted octanol–water partition coefficient (Wildman–Crippen LogP) is 11.9. The van der Waals surface area contributed by atoms with E-state index in [1.807, 2.05) is 0 Å². The Hall–Kier alpha value is -1.58. The first-order valence-corrected chi connectivity index (χ1v) is 17.8. The van der Waals surface area contributed by atoms with Crippen molar-refractivity contribution in [3.8, 4) is 0 Å². The highest BCUT2D eigenvalue weighted by Gasteiger charge is 2.21. The molecule has 41 heavy (non-hydrogen) atoms. The van der Waals surface area contributed by atoms with Crippen molar-refractivity contribution in [2.45, 2.75) is 187 Å². The highest BCUT2D eigenvalue weighted by atomic mass is 16.5. The first-order valence-electron chi connectivity index (χ1n) is 17.8. The summed E-state index contributed by atoms with van der Waals surface area (Å²) in [5.41, 5.74) is 0. The second kappa shape index (κ2) is 32.9. The van der Waals surface area contributed by atoms with Crippen LogP contribution in [0.3, 0.4) is 0 Å². The Bertz CT molecular complexity index is 612. The normalized spacial score (nSPS) is 12.1. The number of carboxylic acids is 1. The lowest BCUT2D eigenvalue weighted by Gasteiger charge is -2.11. The second-order valence-electron chi connectivity index (χ2n) is 12.2. The number of esters is 1. The number of unbranched alkanes of at least 4 members (excludes halogenated alkanes) is 24. The summed E-state index contributed by atoms with van der Waals surface area (Å²) >= 11 is 0. The number of allylic oxidation sites excluding steroid dienone is 2. The summed E-state index contributed by atoms with van der Waals surface area (Å²) < 4.78 is 4.91. The maximum Gasteiger partial charge on any atom is 0.307 e. The van der Waals surface area contributed by atoms with Gasteiger partial charge in [-0.1, -0.05) is 173 Å². The minimum Gasteiger partial charge on any atom is -0.481 e. The maximum absolute atomic E-state index is 11.6. The van der Waals surface area contributed by atoms with Crippen molar-refractivity contribution in [3.05, 3.63) is 24.8 Å². The van der Waals surface area contributed by atoms with Crippen LogP contribution in [0.25, 0.3) is 0 Å². The second-order valence-corrected chi connectivity index (χ2v) is 12.2. The Morgan fingerprint density at radius 2 is 0.976 bits per heavy atom. The number of hydrogen-bond acceptors (Lipinski definition) is 3. The first-order chi connectivity index (χ1) is 20.1. The van der Waals surface area contributed by atoms with Gasteiger partial charge in [0.2, 0.25) is 0 Å². The van der Waals surface area contributed by atoms with Crippen molar-refractivity contribution < 1.29 is 19.4 Å². The van der Waals surface area contributed by atoms with E-state index >= 15 is 0 Å². The molecule has 0 rings (SSSR count). The van der Waals surface area contributed by atoms with Crippen LogP contribution in [0.5, 0.6) is 0 Å². The fraction of sp³-hybridized carbons (Fsp3) is 0.838. The van der Waals surface area contributed by atoms with Crippen LogP contribution in [-0.4, -0.2) is 23.7 Å². The van der Waals surface area contributed by atoms with Crippen LogP contribution < -0.4 is 0 Å². The number of ether oxygens (including phenoxy) is 1. The molecule has 0 saturated heterocycles. The van der Waals surface area contributed by atoms with Gasteiger partial charge in [0.15, 0.2) is 0 Å². The molecule has 4 heteroatoms. The molecule has 1 unspecified atom stereocenters. The van der Waals surface area contributed by atoms with E-state index in [0.717, 1.165) is 19.3 Å². The molecule has 0 radical (unpaired) electrons. The van der Waals surface area contributed by atoms with Crippen LogP contribution >= 0.6 is 0 Å². The van der Waals surface area contributed by atoms with Gasteiger partial charge in [-0.05, 0) is 32.1 Å². The number of rotatable bonds is 33. The SMILES string of the molecule is C=CCOC(=O)CC(CCCCCCCCCCC/C=C/CCCCCCCCCCCCCCCCC)C(=O)O. The van der Waals surface area contributed by atoms with Crippen molar-refractivity contribution in [3.63, 3.8) is 0 Å². The lowest BCUT2D eigenvalue weighted by Crippen LogP contribution is -2.19. The van der Waals surface area contributed by atoms with Gasteiger partial charge < -0.3 is 9.84 Å². The summed E-state index contributed by atoms with van der Waals surface area (Å²) in [4.78, 5) is 23.0. The van der Waals surface area contributed by atoms with Crippen molar-refractivity contribution in [1.29, 1.82) is 0 Å². The van der Waals surface area contributed by atoms with E-state index in [0.29, 0.717) is 6.42 Å². The molecular weight excluding hydrogens is 508 g/mol. The molecule has 0 bridgehead atoms. The Kier molecular flexibility index (Phi) is 31.7. The maximum atomic E-state index is 11.6. The number of carboxylic acid groups (broad SMARTS) is 1. The fourth-order valence-corrected chi connectivity index (χ4v) is 5.48. The molecule has 0 aliphatic carbocycles. The zero-order valence-corrected chi connectivity index (χ0v) is 27.2. The molecule has 0 amide bonds. The van der Waals surface area contributed by atoms with Gasteiger partial charge in [0.1, 0.15) is 6.61 Å². The van der Waals surface area contributed by atoms with Crippen molar-refractivity contribution >= 4 is 11.9 Å². The van der Waals surface area contributed by atoms with Crippen molar-refractivity contribution in [2.75, 3.05) is 6.61 Å². The van der Waals surface area contributed by atoms with Crippen LogP contribution in [0.4, 0.5) is 0 Å². The molecule has 0 saturated carbocycles. The van der Waals surface area contributed by atoms with Gasteiger partial charge in [0.25, 0.3) is 0 Å². The Balaban J connectivity index is 3.32. The van der Waals surface area contributed by atoms with Gasteiger partial charge in [-0.25, -0.2) is 0 Å². The zero-order valence-electron chi connectivity index (χ0n) is 27.2. The summed E-state index contributed by atoms with van der Waals surface area (Å²) in [6.07, 6.45) is 41.5. The summed E-state index contributed by atoms with van der Waals surface area (Å²) in [5.74, 6) is -1.99. The standard InChI is InChI=1S/C37H68O4/c1-3-5-6-7-8-9-10-11-12-13-14-15-16-17-18-19-20-21-22-23-24-25-26-27-28-29-30-31-32-35(37(39)40)34-36(38)41-33-4-2/h4,20-21,35H,2-3,5-19,22-34H2,1H3,(H,39,40)/b21-20+. The van der Waals surface area contributed by atoms with Gasteiger partial charge in [-0.15, -0.1) is 0 Å². The molecule has 0 aromatic rings. The monoisotopic (exact) mass is 577 g/mol. The van der Waals surface area contributed by atoms with E-state index < -0.39 is 17.9 Å². The average molecular weight is 577 g/mol. The zero-order chi connectivity index (χ0) is 30.1. The van der Waals surface area contributed by atoms with E-state index in [4.69, 9.17) is 4.74 Å². The van der Waals surface area contributed by atoms with Crippen molar-refractivity contribution in [2.24, 2.45) is 5.92 Å². The quantitative estimate of drug-likeness (QED) is 0.0479. The van der Waals surface area contributed by atoms with Gasteiger partial charge in [-0.2, -0.15) is 0 Å². The Morgan fingerprint density at radius 1 is 0.610 bits per heavy atom. The lowest BCUT2D eigenvalue weighted by atomic mass is 9.97. The van der Waals surface area contributed by atoms with Gasteiger partial charge >= 0.3 is 11.9 Å². The van der Waals surface area contributed by atoms with Crippen LogP contribution in [0.2, 0.25) is 0 Å². The Morgan fingerprint density at radius 3 is 1.34 bits per heavy atom. The van der Waals surface area contributed by atoms with E-state index in [2.05, 4.69) is 25.7 Å². The number of carbonyl (C=O) groups is 2. The minimum atomic E-state index is -0.902. The molecule has 0 aliphatic rings. The molecule has 1 N–H and O–H groups in total.